The number of carbonyl (C=O) groups excluding carboxylic acids is 1. The van der Waals surface area contributed by atoms with Crippen molar-refractivity contribution in [2.75, 3.05) is 6.61 Å². The molecule has 1 heterocycles. The molecule has 0 fully saturated rings. The lowest BCUT2D eigenvalue weighted by atomic mass is 10.0. The highest BCUT2D eigenvalue weighted by Crippen LogP contribution is 2.21. The molecule has 1 aromatic carbocycles. The van der Waals surface area contributed by atoms with Crippen molar-refractivity contribution in [2.45, 2.75) is 31.6 Å². The van der Waals surface area contributed by atoms with Crippen LogP contribution in [0.4, 0.5) is 18.0 Å². The highest BCUT2D eigenvalue weighted by atomic mass is 35.5. The Labute approximate surface area is 175 Å². The highest BCUT2D eigenvalue weighted by molar-refractivity contribution is 6.30. The van der Waals surface area contributed by atoms with Gasteiger partial charge in [-0.25, -0.2) is 4.79 Å². The molecule has 0 aliphatic carbocycles. The summed E-state index contributed by atoms with van der Waals surface area (Å²) in [5, 5.41) is 14.5. The number of amides is 2. The monoisotopic (exact) mass is 445 g/mol. The number of ether oxygens (including phenoxy) is 1. The standard InChI is InChI=1S/C19H19ClF3N3O4/c1-11(15-7-6-14(9-24-15)30-10-19(21,22)23)25-17(27)8-16(26-18(28)29)12-2-4-13(20)5-3-12/h2-7,9,11,16,26H,8,10H2,1H3,(H,25,27)(H,28,29). The summed E-state index contributed by atoms with van der Waals surface area (Å²) in [5.74, 6) is -0.501. The van der Waals surface area contributed by atoms with Gasteiger partial charge in [0, 0.05) is 5.02 Å². The van der Waals surface area contributed by atoms with Crippen LogP contribution in [-0.4, -0.2) is 34.9 Å². The number of carboxylic acid groups (broad SMARTS) is 1. The Morgan fingerprint density at radius 1 is 1.17 bits per heavy atom. The Kier molecular flexibility index (Phi) is 7.87. The van der Waals surface area contributed by atoms with Crippen molar-refractivity contribution in [1.29, 1.82) is 0 Å². The zero-order chi connectivity index (χ0) is 22.3. The first-order chi connectivity index (χ1) is 14.0. The molecule has 2 rings (SSSR count). The van der Waals surface area contributed by atoms with Crippen LogP contribution in [0.3, 0.4) is 0 Å². The van der Waals surface area contributed by atoms with E-state index >= 15 is 0 Å². The molecule has 2 amide bonds. The maximum atomic E-state index is 12.4. The van der Waals surface area contributed by atoms with Crippen molar-refractivity contribution >= 4 is 23.6 Å². The van der Waals surface area contributed by atoms with E-state index in [1.54, 1.807) is 31.2 Å². The van der Waals surface area contributed by atoms with Gasteiger partial charge in [0.15, 0.2) is 6.61 Å². The summed E-state index contributed by atoms with van der Waals surface area (Å²) in [6, 6.07) is 7.78. The predicted molar refractivity (Wildman–Crippen MR) is 102 cm³/mol. The molecular formula is C19H19ClF3N3O4. The summed E-state index contributed by atoms with van der Waals surface area (Å²) < 4.78 is 41.1. The van der Waals surface area contributed by atoms with E-state index in [0.717, 1.165) is 6.20 Å². The number of nitrogens with zero attached hydrogens (tertiary/aromatic N) is 1. The smallest absolute Gasteiger partial charge is 0.422 e. The van der Waals surface area contributed by atoms with E-state index in [4.69, 9.17) is 16.7 Å². The number of hydrogen-bond acceptors (Lipinski definition) is 4. The minimum Gasteiger partial charge on any atom is -0.483 e. The molecule has 3 N–H and O–H groups in total. The molecular weight excluding hydrogens is 427 g/mol. The summed E-state index contributed by atoms with van der Waals surface area (Å²) in [6.07, 6.45) is -4.78. The van der Waals surface area contributed by atoms with Crippen LogP contribution in [0.15, 0.2) is 42.6 Å². The first-order valence-electron chi connectivity index (χ1n) is 8.73. The molecule has 0 saturated carbocycles. The number of pyridine rings is 1. The number of aromatic nitrogens is 1. The maximum Gasteiger partial charge on any atom is 0.422 e. The van der Waals surface area contributed by atoms with Crippen LogP contribution in [0, 0.1) is 0 Å². The molecule has 0 aliphatic heterocycles. The molecule has 162 valence electrons. The van der Waals surface area contributed by atoms with Gasteiger partial charge in [-0.15, -0.1) is 0 Å². The van der Waals surface area contributed by atoms with E-state index in [0.29, 0.717) is 16.3 Å². The number of benzene rings is 1. The minimum absolute atomic E-state index is 0.0527. The molecule has 0 bridgehead atoms. The number of hydrogen-bond donors (Lipinski definition) is 3. The third-order valence-electron chi connectivity index (χ3n) is 3.94. The predicted octanol–water partition coefficient (Wildman–Crippen LogP) is 4.25. The molecule has 0 radical (unpaired) electrons. The Morgan fingerprint density at radius 3 is 2.37 bits per heavy atom. The summed E-state index contributed by atoms with van der Waals surface area (Å²) in [7, 11) is 0. The number of alkyl halides is 3. The van der Waals surface area contributed by atoms with E-state index in [1.165, 1.54) is 12.1 Å². The third-order valence-corrected chi connectivity index (χ3v) is 4.19. The Bertz CT molecular complexity index is 861. The van der Waals surface area contributed by atoms with E-state index in [1.807, 2.05) is 0 Å². The Balaban J connectivity index is 1.97. The van der Waals surface area contributed by atoms with Gasteiger partial charge in [-0.3, -0.25) is 9.78 Å². The van der Waals surface area contributed by atoms with Crippen LogP contribution in [-0.2, 0) is 4.79 Å². The van der Waals surface area contributed by atoms with Gasteiger partial charge in [0.1, 0.15) is 5.75 Å². The summed E-state index contributed by atoms with van der Waals surface area (Å²) in [5.41, 5.74) is 0.964. The van der Waals surface area contributed by atoms with Crippen molar-refractivity contribution in [3.05, 3.63) is 58.9 Å². The molecule has 1 aromatic heterocycles. The van der Waals surface area contributed by atoms with Gasteiger partial charge >= 0.3 is 12.3 Å². The summed E-state index contributed by atoms with van der Waals surface area (Å²) in [4.78, 5) is 27.4. The second-order valence-electron chi connectivity index (χ2n) is 6.37. The molecule has 11 heteroatoms. The zero-order valence-electron chi connectivity index (χ0n) is 15.7. The number of carbonyl (C=O) groups is 2. The van der Waals surface area contributed by atoms with Crippen molar-refractivity contribution < 1.29 is 32.6 Å². The van der Waals surface area contributed by atoms with Crippen LogP contribution in [0.1, 0.15) is 36.7 Å². The first kappa shape index (κ1) is 23.3. The zero-order valence-corrected chi connectivity index (χ0v) is 16.5. The van der Waals surface area contributed by atoms with E-state index in [-0.39, 0.29) is 12.2 Å². The Hall–Kier alpha value is -3.01. The van der Waals surface area contributed by atoms with E-state index < -0.39 is 36.9 Å². The second-order valence-corrected chi connectivity index (χ2v) is 6.81. The normalized spacial score (nSPS) is 13.2. The van der Waals surface area contributed by atoms with Crippen molar-refractivity contribution in [3.8, 4) is 5.75 Å². The van der Waals surface area contributed by atoms with Gasteiger partial charge in [0.25, 0.3) is 0 Å². The van der Waals surface area contributed by atoms with Crippen molar-refractivity contribution in [3.63, 3.8) is 0 Å². The molecule has 2 atom stereocenters. The van der Waals surface area contributed by atoms with Gasteiger partial charge < -0.3 is 20.5 Å². The van der Waals surface area contributed by atoms with Crippen LogP contribution >= 0.6 is 11.6 Å². The van der Waals surface area contributed by atoms with Gasteiger partial charge in [-0.1, -0.05) is 23.7 Å². The average molecular weight is 446 g/mol. The van der Waals surface area contributed by atoms with Crippen LogP contribution in [0.2, 0.25) is 5.02 Å². The summed E-state index contributed by atoms with van der Waals surface area (Å²) >= 11 is 5.83. The van der Waals surface area contributed by atoms with Crippen molar-refractivity contribution in [2.24, 2.45) is 0 Å². The largest absolute Gasteiger partial charge is 0.483 e. The van der Waals surface area contributed by atoms with E-state index in [9.17, 15) is 22.8 Å². The fourth-order valence-corrected chi connectivity index (χ4v) is 2.68. The highest BCUT2D eigenvalue weighted by Gasteiger charge is 2.28. The fraction of sp³-hybridized carbons (Fsp3) is 0.316. The molecule has 30 heavy (non-hydrogen) atoms. The maximum absolute atomic E-state index is 12.4. The molecule has 0 saturated heterocycles. The average Bonchev–Trinajstić information content (AvgIpc) is 2.66. The first-order valence-corrected chi connectivity index (χ1v) is 9.11. The van der Waals surface area contributed by atoms with Gasteiger partial charge in [-0.2, -0.15) is 13.2 Å². The van der Waals surface area contributed by atoms with Gasteiger partial charge in [0.05, 0.1) is 30.4 Å². The lowest BCUT2D eigenvalue weighted by Crippen LogP contribution is -2.34. The summed E-state index contributed by atoms with van der Waals surface area (Å²) in [6.45, 7) is 0.210. The van der Waals surface area contributed by atoms with Crippen LogP contribution < -0.4 is 15.4 Å². The molecule has 2 aromatic rings. The number of rotatable bonds is 8. The van der Waals surface area contributed by atoms with E-state index in [2.05, 4.69) is 20.4 Å². The van der Waals surface area contributed by atoms with Gasteiger partial charge in [-0.05, 0) is 36.8 Å². The number of halogens is 4. The Morgan fingerprint density at radius 2 is 1.83 bits per heavy atom. The van der Waals surface area contributed by atoms with Crippen molar-refractivity contribution in [1.82, 2.24) is 15.6 Å². The molecule has 0 spiro atoms. The van der Waals surface area contributed by atoms with Crippen LogP contribution in [0.5, 0.6) is 5.75 Å². The quantitative estimate of drug-likeness (QED) is 0.564. The molecule has 7 nitrogen and oxygen atoms in total. The second kappa shape index (κ2) is 10.1. The lowest BCUT2D eigenvalue weighted by molar-refractivity contribution is -0.153. The SMILES string of the molecule is CC(NC(=O)CC(NC(=O)O)c1ccc(Cl)cc1)c1ccc(OCC(F)(F)F)cn1. The fourth-order valence-electron chi connectivity index (χ4n) is 2.55. The van der Waals surface area contributed by atoms with Crippen LogP contribution in [0.25, 0.3) is 0 Å². The number of nitrogens with one attached hydrogen (secondary N) is 2. The topological polar surface area (TPSA) is 101 Å². The lowest BCUT2D eigenvalue weighted by Gasteiger charge is -2.19. The minimum atomic E-state index is -4.45. The molecule has 0 aliphatic rings. The third kappa shape index (κ3) is 7.78. The van der Waals surface area contributed by atoms with Gasteiger partial charge in [0.2, 0.25) is 5.91 Å². The molecule has 2 unspecified atom stereocenters.